The Morgan fingerprint density at radius 2 is 2.05 bits per heavy atom. The van der Waals surface area contributed by atoms with E-state index in [1.54, 1.807) is 30.3 Å². The Kier molecular flexibility index (Phi) is 3.92. The van der Waals surface area contributed by atoms with Gasteiger partial charge in [-0.25, -0.2) is 9.66 Å². The second kappa shape index (κ2) is 5.70. The molecule has 2 aromatic heterocycles. The zero-order valence-electron chi connectivity index (χ0n) is 10.3. The molecule has 3 aromatic rings. The number of aromatic nitrogens is 2. The van der Waals surface area contributed by atoms with Crippen LogP contribution in [0.5, 0.6) is 0 Å². The van der Waals surface area contributed by atoms with Crippen molar-refractivity contribution in [2.24, 2.45) is 0 Å². The van der Waals surface area contributed by atoms with Gasteiger partial charge in [0, 0.05) is 4.47 Å². The fourth-order valence-corrected chi connectivity index (χ4v) is 3.70. The van der Waals surface area contributed by atoms with Crippen molar-refractivity contribution in [2.45, 2.75) is 0 Å². The van der Waals surface area contributed by atoms with Gasteiger partial charge in [-0.05, 0) is 50.1 Å². The molecule has 0 bridgehead atoms. The minimum atomic E-state index is -0.370. The molecule has 0 aliphatic rings. The monoisotopic (exact) mass is 427 g/mol. The molecule has 0 spiro atoms. The number of amides is 1. The molecule has 0 fully saturated rings. The molecule has 1 aromatic carbocycles. The number of benzene rings is 1. The number of halogens is 2. The van der Waals surface area contributed by atoms with Crippen LogP contribution in [0.1, 0.15) is 9.67 Å². The summed E-state index contributed by atoms with van der Waals surface area (Å²) < 4.78 is 2.70. The molecule has 0 unspecified atom stereocenters. The summed E-state index contributed by atoms with van der Waals surface area (Å²) in [6.07, 6.45) is 1.31. The molecule has 0 saturated carbocycles. The Balaban J connectivity index is 1.96. The first-order chi connectivity index (χ1) is 10.1. The molecule has 106 valence electrons. The van der Waals surface area contributed by atoms with Gasteiger partial charge in [-0.15, -0.1) is 11.3 Å². The quantitative estimate of drug-likeness (QED) is 0.680. The highest BCUT2D eigenvalue weighted by Crippen LogP contribution is 2.32. The molecule has 0 aliphatic carbocycles. The lowest BCUT2D eigenvalue weighted by Crippen LogP contribution is -2.32. The highest BCUT2D eigenvalue weighted by molar-refractivity contribution is 9.13. The molecule has 3 rings (SSSR count). The van der Waals surface area contributed by atoms with E-state index in [0.29, 0.717) is 15.8 Å². The van der Waals surface area contributed by atoms with Crippen LogP contribution in [0.4, 0.5) is 0 Å². The summed E-state index contributed by atoms with van der Waals surface area (Å²) in [4.78, 5) is 29.0. The molecule has 1 N–H and O–H groups in total. The van der Waals surface area contributed by atoms with Crippen LogP contribution in [-0.2, 0) is 0 Å². The molecule has 0 radical (unpaired) electrons. The van der Waals surface area contributed by atoms with Crippen LogP contribution in [0.25, 0.3) is 10.9 Å². The lowest BCUT2D eigenvalue weighted by molar-refractivity contribution is 0.101. The van der Waals surface area contributed by atoms with Crippen molar-refractivity contribution in [3.63, 3.8) is 0 Å². The summed E-state index contributed by atoms with van der Waals surface area (Å²) in [6.45, 7) is 0. The summed E-state index contributed by atoms with van der Waals surface area (Å²) in [7, 11) is 0. The number of carbonyl (C=O) groups excluding carboxylic acids is 1. The van der Waals surface area contributed by atoms with E-state index in [0.717, 1.165) is 12.9 Å². The van der Waals surface area contributed by atoms with Crippen molar-refractivity contribution in [3.8, 4) is 0 Å². The number of hydrogen-bond acceptors (Lipinski definition) is 4. The number of carbonyl (C=O) groups is 1. The fourth-order valence-electron chi connectivity index (χ4n) is 1.77. The third kappa shape index (κ3) is 2.78. The standard InChI is InChI=1S/C13H7Br2N3O2S/c14-8-5-10(21-11(8)15)12(19)17-18-6-16-9-4-2-1-3-7(9)13(18)20/h1-6H,(H,17,19). The normalized spacial score (nSPS) is 10.8. The highest BCUT2D eigenvalue weighted by Gasteiger charge is 2.13. The van der Waals surface area contributed by atoms with Crippen molar-refractivity contribution in [1.82, 2.24) is 9.66 Å². The molecular weight excluding hydrogens is 422 g/mol. The van der Waals surface area contributed by atoms with Crippen LogP contribution in [0.2, 0.25) is 0 Å². The third-order valence-corrected chi connectivity index (χ3v) is 6.01. The minimum Gasteiger partial charge on any atom is -0.267 e. The van der Waals surface area contributed by atoms with Crippen LogP contribution in [0.15, 0.2) is 49.7 Å². The Bertz CT molecular complexity index is 884. The Hall–Kier alpha value is -1.51. The van der Waals surface area contributed by atoms with Crippen molar-refractivity contribution in [3.05, 3.63) is 60.1 Å². The maximum Gasteiger partial charge on any atom is 0.280 e. The van der Waals surface area contributed by atoms with Crippen LogP contribution in [0, 0.1) is 0 Å². The van der Waals surface area contributed by atoms with E-state index < -0.39 is 0 Å². The van der Waals surface area contributed by atoms with Gasteiger partial charge in [0.25, 0.3) is 11.5 Å². The lowest BCUT2D eigenvalue weighted by atomic mass is 10.2. The van der Waals surface area contributed by atoms with Gasteiger partial charge in [-0.1, -0.05) is 12.1 Å². The predicted octanol–water partition coefficient (Wildman–Crippen LogP) is 3.37. The number of thiophene rings is 1. The van der Waals surface area contributed by atoms with Gasteiger partial charge in [0.2, 0.25) is 0 Å². The number of rotatable bonds is 2. The number of nitrogens with zero attached hydrogens (tertiary/aromatic N) is 2. The molecular formula is C13H7Br2N3O2S. The minimum absolute atomic E-state index is 0.316. The first-order valence-corrected chi connectivity index (χ1v) is 8.19. The number of nitrogens with one attached hydrogen (secondary N) is 1. The second-order valence-corrected chi connectivity index (χ2v) is 7.33. The summed E-state index contributed by atoms with van der Waals surface area (Å²) in [5.41, 5.74) is 2.81. The summed E-state index contributed by atoms with van der Waals surface area (Å²) in [5.74, 6) is -0.370. The molecule has 1 amide bonds. The van der Waals surface area contributed by atoms with E-state index in [2.05, 4.69) is 42.3 Å². The molecule has 2 heterocycles. The second-order valence-electron chi connectivity index (χ2n) is 4.11. The maximum atomic E-state index is 12.3. The topological polar surface area (TPSA) is 64.0 Å². The zero-order valence-corrected chi connectivity index (χ0v) is 14.3. The molecule has 0 saturated heterocycles. The van der Waals surface area contributed by atoms with E-state index in [1.807, 2.05) is 0 Å². The van der Waals surface area contributed by atoms with Crippen molar-refractivity contribution >= 4 is 60.0 Å². The largest absolute Gasteiger partial charge is 0.280 e. The van der Waals surface area contributed by atoms with Crippen LogP contribution < -0.4 is 11.0 Å². The van der Waals surface area contributed by atoms with Crippen molar-refractivity contribution in [1.29, 1.82) is 0 Å². The number of para-hydroxylation sites is 1. The predicted molar refractivity (Wildman–Crippen MR) is 89.4 cm³/mol. The van der Waals surface area contributed by atoms with Gasteiger partial charge in [-0.3, -0.25) is 15.0 Å². The van der Waals surface area contributed by atoms with Crippen LogP contribution in [0.3, 0.4) is 0 Å². The van der Waals surface area contributed by atoms with E-state index in [-0.39, 0.29) is 11.5 Å². The molecule has 0 atom stereocenters. The molecule has 8 heteroatoms. The number of fused-ring (bicyclic) bond motifs is 1. The molecule has 21 heavy (non-hydrogen) atoms. The fraction of sp³-hybridized carbons (Fsp3) is 0. The Labute approximate surface area is 139 Å². The average Bonchev–Trinajstić information content (AvgIpc) is 2.82. The van der Waals surface area contributed by atoms with Gasteiger partial charge >= 0.3 is 0 Å². The smallest absolute Gasteiger partial charge is 0.267 e. The van der Waals surface area contributed by atoms with E-state index in [9.17, 15) is 9.59 Å². The van der Waals surface area contributed by atoms with Crippen LogP contribution in [-0.4, -0.2) is 15.6 Å². The lowest BCUT2D eigenvalue weighted by Gasteiger charge is -2.07. The summed E-state index contributed by atoms with van der Waals surface area (Å²) in [6, 6.07) is 8.66. The van der Waals surface area contributed by atoms with Crippen molar-refractivity contribution in [2.75, 3.05) is 5.43 Å². The highest BCUT2D eigenvalue weighted by atomic mass is 79.9. The SMILES string of the molecule is O=C(Nn1cnc2ccccc2c1=O)c1cc(Br)c(Br)s1. The van der Waals surface area contributed by atoms with E-state index in [1.165, 1.54) is 17.7 Å². The third-order valence-electron chi connectivity index (χ3n) is 2.76. The number of hydrogen-bond donors (Lipinski definition) is 1. The summed E-state index contributed by atoms with van der Waals surface area (Å²) >= 11 is 7.92. The first kappa shape index (κ1) is 14.4. The van der Waals surface area contributed by atoms with Gasteiger partial charge in [0.05, 0.1) is 19.6 Å². The zero-order chi connectivity index (χ0) is 15.0. The van der Waals surface area contributed by atoms with Crippen LogP contribution >= 0.6 is 43.2 Å². The van der Waals surface area contributed by atoms with Crippen molar-refractivity contribution < 1.29 is 4.79 Å². The molecule has 0 aliphatic heterocycles. The van der Waals surface area contributed by atoms with Gasteiger partial charge in [-0.2, -0.15) is 0 Å². The Morgan fingerprint density at radius 3 is 2.76 bits per heavy atom. The van der Waals surface area contributed by atoms with Gasteiger partial charge in [0.15, 0.2) is 0 Å². The Morgan fingerprint density at radius 1 is 1.29 bits per heavy atom. The van der Waals surface area contributed by atoms with E-state index in [4.69, 9.17) is 0 Å². The first-order valence-electron chi connectivity index (χ1n) is 5.79. The van der Waals surface area contributed by atoms with Gasteiger partial charge in [0.1, 0.15) is 6.33 Å². The van der Waals surface area contributed by atoms with Gasteiger partial charge < -0.3 is 0 Å². The summed E-state index contributed by atoms with van der Waals surface area (Å²) in [5, 5.41) is 0.453. The maximum absolute atomic E-state index is 12.3. The van der Waals surface area contributed by atoms with E-state index >= 15 is 0 Å². The molecule has 5 nitrogen and oxygen atoms in total. The average molecular weight is 429 g/mol.